The van der Waals surface area contributed by atoms with Gasteiger partial charge in [0.1, 0.15) is 5.75 Å². The highest BCUT2D eigenvalue weighted by atomic mass is 79.9. The lowest BCUT2D eigenvalue weighted by molar-refractivity contribution is 0.422. The molecule has 0 saturated carbocycles. The average molecular weight is 268 g/mol. The van der Waals surface area contributed by atoms with Crippen molar-refractivity contribution < 1.29 is 9.13 Å². The van der Waals surface area contributed by atoms with Gasteiger partial charge in [0.25, 0.3) is 5.88 Å². The summed E-state index contributed by atoms with van der Waals surface area (Å²) in [5.41, 5.74) is 0. The topological polar surface area (TPSA) is 22.1 Å². The summed E-state index contributed by atoms with van der Waals surface area (Å²) in [7, 11) is 0. The van der Waals surface area contributed by atoms with Crippen LogP contribution in [0.4, 0.5) is 4.39 Å². The van der Waals surface area contributed by atoms with Crippen LogP contribution < -0.4 is 4.74 Å². The number of ether oxygens (including phenoxy) is 1. The van der Waals surface area contributed by atoms with Gasteiger partial charge in [-0.15, -0.1) is 0 Å². The van der Waals surface area contributed by atoms with Gasteiger partial charge in [0, 0.05) is 10.7 Å². The summed E-state index contributed by atoms with van der Waals surface area (Å²) in [6.07, 6.45) is 1.48. The molecule has 0 fully saturated rings. The van der Waals surface area contributed by atoms with Gasteiger partial charge in [-0.1, -0.05) is 22.0 Å². The molecule has 0 atom stereocenters. The third-order valence-corrected chi connectivity index (χ3v) is 2.23. The summed E-state index contributed by atoms with van der Waals surface area (Å²) >= 11 is 3.30. The molecule has 0 unspecified atom stereocenters. The van der Waals surface area contributed by atoms with Gasteiger partial charge in [-0.05, 0) is 30.3 Å². The predicted octanol–water partition coefficient (Wildman–Crippen LogP) is 3.78. The largest absolute Gasteiger partial charge is 0.436 e. The molecule has 76 valence electrons. The summed E-state index contributed by atoms with van der Waals surface area (Å²) in [5.74, 6) is 0.0510. The van der Waals surface area contributed by atoms with Crippen molar-refractivity contribution in [3.8, 4) is 11.6 Å². The SMILES string of the molecule is Fc1cccnc1Oc1cccc(Br)c1. The molecule has 2 nitrogen and oxygen atoms in total. The second-order valence-electron chi connectivity index (χ2n) is 2.85. The molecule has 2 rings (SSSR count). The Kier molecular flexibility index (Phi) is 2.97. The Morgan fingerprint density at radius 1 is 1.20 bits per heavy atom. The first-order valence-electron chi connectivity index (χ1n) is 4.29. The number of nitrogens with zero attached hydrogens (tertiary/aromatic N) is 1. The van der Waals surface area contributed by atoms with Crippen LogP contribution >= 0.6 is 15.9 Å². The molecular weight excluding hydrogens is 261 g/mol. The molecule has 0 saturated heterocycles. The van der Waals surface area contributed by atoms with Crippen LogP contribution in [0.3, 0.4) is 0 Å². The quantitative estimate of drug-likeness (QED) is 0.826. The van der Waals surface area contributed by atoms with Gasteiger partial charge in [-0.2, -0.15) is 0 Å². The van der Waals surface area contributed by atoms with Crippen molar-refractivity contribution in [2.45, 2.75) is 0 Å². The summed E-state index contributed by atoms with van der Waals surface area (Å²) in [6, 6.07) is 9.97. The summed E-state index contributed by atoms with van der Waals surface area (Å²) in [4.78, 5) is 3.79. The van der Waals surface area contributed by atoms with E-state index in [-0.39, 0.29) is 5.88 Å². The van der Waals surface area contributed by atoms with Crippen molar-refractivity contribution in [2.24, 2.45) is 0 Å². The molecule has 0 aliphatic carbocycles. The average Bonchev–Trinajstić information content (AvgIpc) is 2.22. The van der Waals surface area contributed by atoms with E-state index in [9.17, 15) is 4.39 Å². The smallest absolute Gasteiger partial charge is 0.255 e. The number of aromatic nitrogens is 1. The van der Waals surface area contributed by atoms with E-state index in [1.54, 1.807) is 18.2 Å². The third-order valence-electron chi connectivity index (χ3n) is 1.74. The molecule has 4 heteroatoms. The minimum absolute atomic E-state index is 0.0180. The van der Waals surface area contributed by atoms with Crippen molar-refractivity contribution in [3.05, 3.63) is 52.9 Å². The maximum atomic E-state index is 13.2. The first-order valence-corrected chi connectivity index (χ1v) is 5.09. The minimum Gasteiger partial charge on any atom is -0.436 e. The standard InChI is InChI=1S/C11H7BrFNO/c12-8-3-1-4-9(7-8)15-11-10(13)5-2-6-14-11/h1-7H. The van der Waals surface area contributed by atoms with Crippen LogP contribution in [-0.4, -0.2) is 4.98 Å². The van der Waals surface area contributed by atoms with Crippen LogP contribution in [0.2, 0.25) is 0 Å². The number of pyridine rings is 1. The van der Waals surface area contributed by atoms with Crippen LogP contribution in [0.5, 0.6) is 11.6 Å². The number of benzene rings is 1. The van der Waals surface area contributed by atoms with Crippen molar-refractivity contribution >= 4 is 15.9 Å². The van der Waals surface area contributed by atoms with Gasteiger partial charge in [0.05, 0.1) is 0 Å². The Hall–Kier alpha value is -1.42. The highest BCUT2D eigenvalue weighted by Crippen LogP contribution is 2.24. The lowest BCUT2D eigenvalue weighted by Crippen LogP contribution is -1.90. The zero-order chi connectivity index (χ0) is 10.7. The number of hydrogen-bond acceptors (Lipinski definition) is 2. The summed E-state index contributed by atoms with van der Waals surface area (Å²) in [5, 5.41) is 0. The third kappa shape index (κ3) is 2.53. The van der Waals surface area contributed by atoms with E-state index in [0.717, 1.165) is 4.47 Å². The van der Waals surface area contributed by atoms with E-state index in [1.165, 1.54) is 18.3 Å². The fourth-order valence-corrected chi connectivity index (χ4v) is 1.47. The van der Waals surface area contributed by atoms with Crippen molar-refractivity contribution in [3.63, 3.8) is 0 Å². The maximum Gasteiger partial charge on any atom is 0.255 e. The Morgan fingerprint density at radius 2 is 2.07 bits per heavy atom. The first-order chi connectivity index (χ1) is 7.25. The van der Waals surface area contributed by atoms with Crippen molar-refractivity contribution in [1.29, 1.82) is 0 Å². The van der Waals surface area contributed by atoms with Crippen molar-refractivity contribution in [1.82, 2.24) is 4.98 Å². The van der Waals surface area contributed by atoms with Gasteiger partial charge in [0.15, 0.2) is 5.82 Å². The van der Waals surface area contributed by atoms with Crippen molar-refractivity contribution in [2.75, 3.05) is 0 Å². The van der Waals surface area contributed by atoms with Gasteiger partial charge in [-0.3, -0.25) is 0 Å². The normalized spacial score (nSPS) is 10.0. The molecule has 2 aromatic rings. The van der Waals surface area contributed by atoms with E-state index in [1.807, 2.05) is 6.07 Å². The highest BCUT2D eigenvalue weighted by Gasteiger charge is 2.04. The van der Waals surface area contributed by atoms with Crippen LogP contribution in [0.15, 0.2) is 47.1 Å². The zero-order valence-corrected chi connectivity index (χ0v) is 9.24. The summed E-state index contributed by atoms with van der Waals surface area (Å²) < 4.78 is 19.3. The van der Waals surface area contributed by atoms with E-state index in [2.05, 4.69) is 20.9 Å². The maximum absolute atomic E-state index is 13.2. The number of hydrogen-bond donors (Lipinski definition) is 0. The molecule has 0 radical (unpaired) electrons. The zero-order valence-electron chi connectivity index (χ0n) is 7.65. The van der Waals surface area contributed by atoms with Crippen LogP contribution in [-0.2, 0) is 0 Å². The molecule has 1 heterocycles. The van der Waals surface area contributed by atoms with E-state index >= 15 is 0 Å². The second-order valence-corrected chi connectivity index (χ2v) is 3.77. The lowest BCUT2D eigenvalue weighted by atomic mass is 10.3. The number of rotatable bonds is 2. The number of halogens is 2. The van der Waals surface area contributed by atoms with Gasteiger partial charge in [-0.25, -0.2) is 9.37 Å². The molecule has 0 aliphatic heterocycles. The van der Waals surface area contributed by atoms with E-state index < -0.39 is 5.82 Å². The fraction of sp³-hybridized carbons (Fsp3) is 0. The van der Waals surface area contributed by atoms with Crippen LogP contribution in [0.1, 0.15) is 0 Å². The molecule has 0 bridgehead atoms. The second kappa shape index (κ2) is 4.40. The molecule has 0 spiro atoms. The van der Waals surface area contributed by atoms with Gasteiger partial charge < -0.3 is 4.74 Å². The van der Waals surface area contributed by atoms with E-state index in [4.69, 9.17) is 4.74 Å². The van der Waals surface area contributed by atoms with Gasteiger partial charge in [0.2, 0.25) is 0 Å². The predicted molar refractivity (Wildman–Crippen MR) is 58.4 cm³/mol. The lowest BCUT2D eigenvalue weighted by Gasteiger charge is -2.04. The Morgan fingerprint density at radius 3 is 2.80 bits per heavy atom. The first kappa shape index (κ1) is 10.1. The molecule has 1 aromatic carbocycles. The van der Waals surface area contributed by atoms with Gasteiger partial charge >= 0.3 is 0 Å². The molecule has 1 aromatic heterocycles. The molecule has 15 heavy (non-hydrogen) atoms. The minimum atomic E-state index is -0.475. The molecule has 0 N–H and O–H groups in total. The monoisotopic (exact) mass is 267 g/mol. The molecule has 0 amide bonds. The highest BCUT2D eigenvalue weighted by molar-refractivity contribution is 9.10. The fourth-order valence-electron chi connectivity index (χ4n) is 1.09. The Bertz CT molecular complexity index is 476. The van der Waals surface area contributed by atoms with E-state index in [0.29, 0.717) is 5.75 Å². The molecule has 0 aliphatic rings. The Labute approximate surface area is 94.9 Å². The van der Waals surface area contributed by atoms with Crippen LogP contribution in [0.25, 0.3) is 0 Å². The molecular formula is C11H7BrFNO. The Balaban J connectivity index is 2.26. The summed E-state index contributed by atoms with van der Waals surface area (Å²) in [6.45, 7) is 0. The van der Waals surface area contributed by atoms with Crippen LogP contribution in [0, 0.1) is 5.82 Å².